The maximum atomic E-state index is 4.62. The summed E-state index contributed by atoms with van der Waals surface area (Å²) in [6, 6.07) is 6.44. The molecule has 0 bridgehead atoms. The summed E-state index contributed by atoms with van der Waals surface area (Å²) in [6.07, 6.45) is 0.875. The van der Waals surface area contributed by atoms with Crippen molar-refractivity contribution in [2.45, 2.75) is 26.8 Å². The van der Waals surface area contributed by atoms with Crippen LogP contribution in [-0.2, 0) is 13.0 Å². The van der Waals surface area contributed by atoms with Gasteiger partial charge in [-0.05, 0) is 38.1 Å². The van der Waals surface area contributed by atoms with Gasteiger partial charge in [0, 0.05) is 16.6 Å². The molecule has 0 radical (unpaired) electrons. The third-order valence-electron chi connectivity index (χ3n) is 2.97. The molecule has 0 fully saturated rings. The van der Waals surface area contributed by atoms with Crippen LogP contribution >= 0.6 is 15.9 Å². The molecule has 96 valence electrons. The molecule has 1 aromatic carbocycles. The summed E-state index contributed by atoms with van der Waals surface area (Å²) < 4.78 is 1.15. The molecule has 3 nitrogen and oxygen atoms in total. The van der Waals surface area contributed by atoms with E-state index in [-0.39, 0.29) is 0 Å². The first kappa shape index (κ1) is 13.3. The van der Waals surface area contributed by atoms with Crippen molar-refractivity contribution >= 4 is 15.9 Å². The van der Waals surface area contributed by atoms with E-state index in [1.807, 2.05) is 7.05 Å². The van der Waals surface area contributed by atoms with Crippen LogP contribution in [0.3, 0.4) is 0 Å². The van der Waals surface area contributed by atoms with Crippen molar-refractivity contribution in [3.63, 3.8) is 0 Å². The van der Waals surface area contributed by atoms with Gasteiger partial charge in [0.25, 0.3) is 0 Å². The highest BCUT2D eigenvalue weighted by molar-refractivity contribution is 9.10. The highest BCUT2D eigenvalue weighted by atomic mass is 79.9. The van der Waals surface area contributed by atoms with Crippen LogP contribution < -0.4 is 5.32 Å². The van der Waals surface area contributed by atoms with Crippen molar-refractivity contribution in [2.24, 2.45) is 0 Å². The van der Waals surface area contributed by atoms with Gasteiger partial charge in [-0.2, -0.15) is 0 Å². The van der Waals surface area contributed by atoms with Crippen LogP contribution in [0.1, 0.15) is 28.3 Å². The summed E-state index contributed by atoms with van der Waals surface area (Å²) >= 11 is 3.52. The molecule has 0 spiro atoms. The number of aromatic amines is 1. The Morgan fingerprint density at radius 2 is 2.11 bits per heavy atom. The Bertz CT molecular complexity index is 546. The van der Waals surface area contributed by atoms with Crippen LogP contribution in [0.4, 0.5) is 0 Å². The average molecular weight is 308 g/mol. The molecule has 4 heteroatoms. The lowest BCUT2D eigenvalue weighted by Gasteiger charge is -2.03. The number of benzene rings is 1. The van der Waals surface area contributed by atoms with Crippen LogP contribution in [0.5, 0.6) is 0 Å². The van der Waals surface area contributed by atoms with Gasteiger partial charge in [0.1, 0.15) is 5.82 Å². The van der Waals surface area contributed by atoms with E-state index in [1.165, 1.54) is 11.1 Å². The first-order valence-electron chi connectivity index (χ1n) is 6.04. The summed E-state index contributed by atoms with van der Waals surface area (Å²) in [6.45, 7) is 4.96. The summed E-state index contributed by atoms with van der Waals surface area (Å²) in [5, 5.41) is 3.11. The molecule has 0 saturated carbocycles. The molecule has 1 heterocycles. The molecule has 2 aromatic rings. The van der Waals surface area contributed by atoms with E-state index >= 15 is 0 Å². The molecule has 0 unspecified atom stereocenters. The lowest BCUT2D eigenvalue weighted by molar-refractivity contribution is 0.768. The molecule has 2 N–H and O–H groups in total. The van der Waals surface area contributed by atoms with Crippen molar-refractivity contribution in [2.75, 3.05) is 7.05 Å². The zero-order chi connectivity index (χ0) is 13.1. The molecule has 0 saturated heterocycles. The summed E-state index contributed by atoms with van der Waals surface area (Å²) in [4.78, 5) is 7.93. The van der Waals surface area contributed by atoms with Crippen LogP contribution in [0, 0.1) is 13.8 Å². The maximum Gasteiger partial charge on any atom is 0.120 e. The van der Waals surface area contributed by atoms with E-state index in [9.17, 15) is 0 Å². The molecule has 0 amide bonds. The fourth-order valence-corrected chi connectivity index (χ4v) is 2.24. The summed E-state index contributed by atoms with van der Waals surface area (Å²) in [5.41, 5.74) is 4.83. The monoisotopic (exact) mass is 307 g/mol. The molecular formula is C14H18BrN3. The fraction of sp³-hybridized carbons (Fsp3) is 0.357. The van der Waals surface area contributed by atoms with Gasteiger partial charge in [-0.3, -0.25) is 0 Å². The fourth-order valence-electron chi connectivity index (χ4n) is 2.00. The van der Waals surface area contributed by atoms with Gasteiger partial charge < -0.3 is 10.3 Å². The second-order valence-electron chi connectivity index (χ2n) is 4.55. The van der Waals surface area contributed by atoms with Crippen molar-refractivity contribution in [3.05, 3.63) is 51.0 Å². The van der Waals surface area contributed by atoms with Crippen LogP contribution in [-0.4, -0.2) is 17.0 Å². The number of H-pyrrole nitrogens is 1. The van der Waals surface area contributed by atoms with E-state index < -0.39 is 0 Å². The zero-order valence-electron chi connectivity index (χ0n) is 11.0. The van der Waals surface area contributed by atoms with E-state index in [0.717, 1.165) is 34.7 Å². The van der Waals surface area contributed by atoms with E-state index in [4.69, 9.17) is 0 Å². The smallest absolute Gasteiger partial charge is 0.120 e. The summed E-state index contributed by atoms with van der Waals surface area (Å²) in [7, 11) is 1.93. The Morgan fingerprint density at radius 3 is 2.78 bits per heavy atom. The molecule has 0 aliphatic heterocycles. The van der Waals surface area contributed by atoms with Crippen molar-refractivity contribution in [3.8, 4) is 0 Å². The Kier molecular flexibility index (Phi) is 4.19. The highest BCUT2D eigenvalue weighted by Gasteiger charge is 2.07. The lowest BCUT2D eigenvalue weighted by atomic mass is 10.1. The zero-order valence-corrected chi connectivity index (χ0v) is 12.6. The number of nitrogens with zero attached hydrogens (tertiary/aromatic N) is 1. The minimum Gasteiger partial charge on any atom is -0.345 e. The Labute approximate surface area is 116 Å². The second kappa shape index (κ2) is 5.67. The molecule has 1 aromatic heterocycles. The maximum absolute atomic E-state index is 4.62. The molecule has 0 atom stereocenters. The standard InChI is InChI=1S/C14H18BrN3/c1-9-6-11(4-5-12(9)15)7-13-10(2)17-14(18-13)8-16-3/h4-6,16H,7-8H2,1-3H3,(H,17,18). The van der Waals surface area contributed by atoms with Gasteiger partial charge in [0.15, 0.2) is 0 Å². The number of rotatable bonds is 4. The number of hydrogen-bond acceptors (Lipinski definition) is 2. The Balaban J connectivity index is 2.20. The Morgan fingerprint density at radius 1 is 1.33 bits per heavy atom. The van der Waals surface area contributed by atoms with Gasteiger partial charge >= 0.3 is 0 Å². The van der Waals surface area contributed by atoms with Crippen molar-refractivity contribution < 1.29 is 0 Å². The van der Waals surface area contributed by atoms with E-state index in [2.05, 4.69) is 63.3 Å². The predicted octanol–water partition coefficient (Wildman–Crippen LogP) is 3.10. The van der Waals surface area contributed by atoms with Crippen molar-refractivity contribution in [1.82, 2.24) is 15.3 Å². The lowest BCUT2D eigenvalue weighted by Crippen LogP contribution is -2.06. The average Bonchev–Trinajstić information content (AvgIpc) is 2.65. The quantitative estimate of drug-likeness (QED) is 0.911. The number of aromatic nitrogens is 2. The number of halogens is 1. The first-order chi connectivity index (χ1) is 8.60. The number of hydrogen-bond donors (Lipinski definition) is 2. The van der Waals surface area contributed by atoms with Gasteiger partial charge in [0.2, 0.25) is 0 Å². The molecule has 0 aliphatic carbocycles. The van der Waals surface area contributed by atoms with Gasteiger partial charge in [0.05, 0.1) is 12.2 Å². The second-order valence-corrected chi connectivity index (χ2v) is 5.40. The van der Waals surface area contributed by atoms with E-state index in [0.29, 0.717) is 0 Å². The number of aryl methyl sites for hydroxylation is 2. The largest absolute Gasteiger partial charge is 0.345 e. The summed E-state index contributed by atoms with van der Waals surface area (Å²) in [5.74, 6) is 0.999. The topological polar surface area (TPSA) is 40.7 Å². The van der Waals surface area contributed by atoms with Crippen LogP contribution in [0.15, 0.2) is 22.7 Å². The van der Waals surface area contributed by atoms with Gasteiger partial charge in [-0.25, -0.2) is 4.98 Å². The first-order valence-corrected chi connectivity index (χ1v) is 6.83. The SMILES string of the molecule is CNCc1nc(Cc2ccc(Br)c(C)c2)c(C)[nH]1. The molecule has 0 aliphatic rings. The minimum absolute atomic E-state index is 0.778. The van der Waals surface area contributed by atoms with E-state index in [1.54, 1.807) is 0 Å². The Hall–Kier alpha value is -1.13. The normalized spacial score (nSPS) is 10.9. The number of imidazole rings is 1. The van der Waals surface area contributed by atoms with Gasteiger partial charge in [-0.15, -0.1) is 0 Å². The third kappa shape index (κ3) is 3.00. The number of nitrogens with one attached hydrogen (secondary N) is 2. The predicted molar refractivity (Wildman–Crippen MR) is 77.8 cm³/mol. The van der Waals surface area contributed by atoms with Gasteiger partial charge in [-0.1, -0.05) is 28.1 Å². The molecular weight excluding hydrogens is 290 g/mol. The van der Waals surface area contributed by atoms with Crippen molar-refractivity contribution in [1.29, 1.82) is 0 Å². The van der Waals surface area contributed by atoms with Crippen LogP contribution in [0.25, 0.3) is 0 Å². The van der Waals surface area contributed by atoms with Crippen LogP contribution in [0.2, 0.25) is 0 Å². The third-order valence-corrected chi connectivity index (χ3v) is 3.86. The highest BCUT2D eigenvalue weighted by Crippen LogP contribution is 2.19. The molecule has 18 heavy (non-hydrogen) atoms. The molecule has 2 rings (SSSR count). The minimum atomic E-state index is 0.778.